The molecule has 0 unspecified atom stereocenters. The van der Waals surface area contributed by atoms with E-state index < -0.39 is 11.9 Å². The van der Waals surface area contributed by atoms with Gasteiger partial charge in [0.1, 0.15) is 23.0 Å². The number of aromatic carboxylic acids is 2. The van der Waals surface area contributed by atoms with E-state index in [0.717, 1.165) is 26.6 Å². The first-order valence-electron chi connectivity index (χ1n) is 15.3. The number of carboxylic acids is 2. The second kappa shape index (κ2) is 31.6. The molecule has 292 valence electrons. The summed E-state index contributed by atoms with van der Waals surface area (Å²) in [6, 6.07) is 13.9. The van der Waals surface area contributed by atoms with Crippen LogP contribution in [0.3, 0.4) is 0 Å². The van der Waals surface area contributed by atoms with Crippen molar-refractivity contribution in [2.24, 2.45) is 20.5 Å². The second-order valence-corrected chi connectivity index (χ2v) is 14.9. The summed E-state index contributed by atoms with van der Waals surface area (Å²) in [7, 11) is 0. The zero-order chi connectivity index (χ0) is 41.5. The van der Waals surface area contributed by atoms with E-state index in [9.17, 15) is 19.8 Å². The Morgan fingerprint density at radius 3 is 1.38 bits per heavy atom. The predicted octanol–water partition coefficient (Wildman–Crippen LogP) is -9.18. The molecule has 4 N–H and O–H groups in total. The number of azo groups is 2. The first kappa shape index (κ1) is 60.7. The third-order valence-electron chi connectivity index (χ3n) is 6.64. The number of aromatic nitrogens is 8. The molecule has 4 aromatic heterocycles. The van der Waals surface area contributed by atoms with Crippen molar-refractivity contribution in [2.75, 3.05) is 23.0 Å². The van der Waals surface area contributed by atoms with Crippen LogP contribution in [0.5, 0.6) is 0 Å². The van der Waals surface area contributed by atoms with Crippen molar-refractivity contribution in [3.63, 3.8) is 0 Å². The molecule has 0 aliphatic heterocycles. The average molecular weight is 1000 g/mol. The molecule has 6 rings (SSSR count). The molecule has 61 heavy (non-hydrogen) atoms. The van der Waals surface area contributed by atoms with Gasteiger partial charge in [0.2, 0.25) is 0 Å². The van der Waals surface area contributed by atoms with Gasteiger partial charge in [-0.2, -0.15) is 65.8 Å². The molecule has 2 aromatic carbocycles. The van der Waals surface area contributed by atoms with Crippen LogP contribution in [0.25, 0.3) is 11.4 Å². The number of hydrogen-bond acceptors (Lipinski definition) is 24. The maximum absolute atomic E-state index is 11.2. The van der Waals surface area contributed by atoms with E-state index in [0.29, 0.717) is 44.4 Å². The van der Waals surface area contributed by atoms with Gasteiger partial charge in [-0.3, -0.25) is 9.36 Å². The van der Waals surface area contributed by atoms with Crippen molar-refractivity contribution in [3.05, 3.63) is 71.0 Å². The van der Waals surface area contributed by atoms with Gasteiger partial charge in [0.15, 0.2) is 8.68 Å². The smallest absolute Gasteiger partial charge is 0.559 e. The van der Waals surface area contributed by atoms with Crippen molar-refractivity contribution in [3.8, 4) is 11.4 Å². The molecule has 0 saturated heterocycles. The molecule has 0 fully saturated rings. The summed E-state index contributed by atoms with van der Waals surface area (Å²) >= 11 is 5.64. The van der Waals surface area contributed by atoms with Crippen LogP contribution in [0.2, 0.25) is 0 Å². The first-order valence-corrected chi connectivity index (χ1v) is 18.9. The van der Waals surface area contributed by atoms with Crippen molar-refractivity contribution in [2.45, 2.75) is 28.9 Å². The van der Waals surface area contributed by atoms with Crippen LogP contribution in [-0.2, 0) is 19.2 Å². The Morgan fingerprint density at radius 1 is 0.672 bits per heavy atom. The van der Waals surface area contributed by atoms with Crippen LogP contribution in [0.15, 0.2) is 65.5 Å². The van der Waals surface area contributed by atoms with Crippen LogP contribution >= 0.6 is 46.2 Å². The van der Waals surface area contributed by atoms with Gasteiger partial charge in [0, 0.05) is 23.4 Å². The number of rotatable bonds is 14. The number of carbonyl (C=O) groups excluding carboxylic acids is 6. The zero-order valence-electron chi connectivity index (χ0n) is 33.0. The monoisotopic (exact) mass is 1000 g/mol. The summed E-state index contributed by atoms with van der Waals surface area (Å²) in [5, 5.41) is 65.1. The number of hydrogen-bond donors (Lipinski definition) is 2. The van der Waals surface area contributed by atoms with Crippen molar-refractivity contribution < 1.29 is 245 Å². The van der Waals surface area contributed by atoms with Crippen LogP contribution in [0, 0.1) is 26.0 Å². The van der Waals surface area contributed by atoms with Gasteiger partial charge in [-0.25, -0.2) is 0 Å². The summed E-state index contributed by atoms with van der Waals surface area (Å²) in [6.07, 6.45) is 1.35. The Bertz CT molecular complexity index is 2350. The molecule has 0 amide bonds. The zero-order valence-corrected chi connectivity index (χ0v) is 48.8. The Labute approximate surface area is 531 Å². The fourth-order valence-corrected chi connectivity index (χ4v) is 7.81. The number of nitrogen functional groups attached to an aromatic ring is 2. The quantitative estimate of drug-likeness (QED) is 0.0336. The average Bonchev–Trinajstić information content (AvgIpc) is 3.97. The minimum Gasteiger partial charge on any atom is -0.559 e. The van der Waals surface area contributed by atoms with E-state index in [1.54, 1.807) is 26.0 Å². The third kappa shape index (κ3) is 18.5. The molecule has 0 spiro atoms. The van der Waals surface area contributed by atoms with E-state index >= 15 is 0 Å². The van der Waals surface area contributed by atoms with E-state index in [1.165, 1.54) is 79.8 Å². The van der Waals surface area contributed by atoms with Gasteiger partial charge in [-0.15, -0.1) is 64.1 Å². The molecule has 0 aliphatic rings. The number of anilines is 2. The molecule has 22 nitrogen and oxygen atoms in total. The molecule has 0 saturated carbocycles. The number of nitrogens with zero attached hydrogens (tertiary/aromatic N) is 12. The molecule has 0 radical (unpaired) electrons. The number of carbonyl (C=O) groups is 2. The van der Waals surface area contributed by atoms with Gasteiger partial charge >= 0.3 is 218 Å². The Kier molecular flexibility index (Phi) is 31.5. The molecular weight excluding hydrogens is 981 g/mol. The van der Waals surface area contributed by atoms with E-state index in [2.05, 4.69) is 63.2 Å². The molecule has 6 aromatic rings. The molecule has 0 aliphatic carbocycles. The van der Waals surface area contributed by atoms with Crippen LogP contribution < -0.4 is 227 Å². The van der Waals surface area contributed by atoms with Crippen molar-refractivity contribution in [1.29, 1.82) is 0 Å². The maximum atomic E-state index is 11.2. The molecule has 30 heteroatoms. The standard InChI is InChI=1S/C29H24N14O4S4.2CO2.4K/c1-14-20(22(30)42(40-14)18-8-3-6-16(12-18)24(44)45)32-34-26-36-38-28(50-26)48-10-5-11-49-29-39-37-27(51-29)35-33-21-15(2)41-43(23(21)31)19-9-4-7-17(13-19)25(46)47;2*2-1-3;;;;/h6-9,12-13H,5,10-11,30-31H2,1-2H3,(H,44,45)(H,46,47);;;;;;/q-2;;;4*+1/p-2. The third-order valence-corrected chi connectivity index (χ3v) is 10.7. The molecule has 0 bridgehead atoms. The topological polar surface area (TPSA) is 337 Å². The fourth-order valence-electron chi connectivity index (χ4n) is 4.28. The summed E-state index contributed by atoms with van der Waals surface area (Å²) in [5.74, 6) is -0.771. The minimum atomic E-state index is -1.34. The van der Waals surface area contributed by atoms with Gasteiger partial charge in [-0.1, -0.05) is 46.2 Å². The predicted molar refractivity (Wildman–Crippen MR) is 196 cm³/mol. The molecule has 0 atom stereocenters. The minimum absolute atomic E-state index is 0. The number of aryl methyl sites for hydroxylation is 2. The van der Waals surface area contributed by atoms with Crippen LogP contribution in [-0.4, -0.2) is 75.7 Å². The number of nitrogens with two attached hydrogens (primary N) is 2. The van der Waals surface area contributed by atoms with E-state index in [4.69, 9.17) is 30.6 Å². The SMILES string of the molecule is Cc1nn(-c2c[c-]cc(C(=O)[O-])c2)c(N)c1N=Nc1nnc(SCCCSc2nnc(N=Nc3c(C)nn(-c4c[c-]cc(C(=O)[O-])c4)c3N)s2)s1.O=C=O.O=C=O.[K+].[K+].[K+].[K+]. The summed E-state index contributed by atoms with van der Waals surface area (Å²) in [6.45, 7) is 3.42. The van der Waals surface area contributed by atoms with Crippen LogP contribution in [0.1, 0.15) is 38.5 Å². The normalized spacial score (nSPS) is 10.0. The summed E-state index contributed by atoms with van der Waals surface area (Å²) in [5.41, 5.74) is 14.8. The Hall–Kier alpha value is -0.275. The number of carboxylic acid groups (broad SMARTS) is 2. The van der Waals surface area contributed by atoms with Crippen molar-refractivity contribution in [1.82, 2.24) is 40.0 Å². The van der Waals surface area contributed by atoms with Crippen molar-refractivity contribution >= 4 is 104 Å². The largest absolute Gasteiger partial charge is 1.00 e. The molecular formula is C31H22K4N14O8S4. The fraction of sp³-hybridized carbons (Fsp3) is 0.161. The number of benzene rings is 2. The summed E-state index contributed by atoms with van der Waals surface area (Å²) < 4.78 is 4.17. The maximum Gasteiger partial charge on any atom is 1.00 e. The van der Waals surface area contributed by atoms with Gasteiger partial charge in [0.05, 0.1) is 11.4 Å². The Morgan fingerprint density at radius 2 is 1.03 bits per heavy atom. The summed E-state index contributed by atoms with van der Waals surface area (Å²) in [4.78, 5) is 54.9. The number of thioether (sulfide) groups is 2. The second-order valence-electron chi connectivity index (χ2n) is 10.3. The van der Waals surface area contributed by atoms with Gasteiger partial charge < -0.3 is 31.3 Å². The van der Waals surface area contributed by atoms with Gasteiger partial charge in [-0.05, 0) is 31.6 Å². The molecule has 4 heterocycles. The first-order chi connectivity index (χ1) is 27.4. The van der Waals surface area contributed by atoms with E-state index in [-0.39, 0.29) is 241 Å². The van der Waals surface area contributed by atoms with Gasteiger partial charge in [0.25, 0.3) is 10.3 Å². The Balaban J connectivity index is 0.00000340. The van der Waals surface area contributed by atoms with E-state index in [1.807, 2.05) is 0 Å². The van der Waals surface area contributed by atoms with Crippen LogP contribution in [0.4, 0.5) is 33.3 Å².